The van der Waals surface area contributed by atoms with Crippen molar-refractivity contribution in [1.82, 2.24) is 4.90 Å². The quantitative estimate of drug-likeness (QED) is 0.310. The van der Waals surface area contributed by atoms with Crippen LogP contribution in [-0.4, -0.2) is 45.8 Å². The number of alkyl halides is 3. The Morgan fingerprint density at radius 2 is 1.84 bits per heavy atom. The third kappa shape index (κ3) is 3.88. The summed E-state index contributed by atoms with van der Waals surface area (Å²) in [6.07, 6.45) is -2.60. The number of nitrogens with zero attached hydrogens (tertiary/aromatic N) is 1. The number of rotatable bonds is 2. The Kier molecular flexibility index (Phi) is 5.66. The van der Waals surface area contributed by atoms with E-state index in [1.165, 1.54) is 0 Å². The largest absolute Gasteiger partial charge is 0.573 e. The number of urea groups is 1. The number of ketones is 2. The second kappa shape index (κ2) is 8.40. The molecule has 5 rings (SSSR count). The molecule has 1 aromatic rings. The van der Waals surface area contributed by atoms with Crippen LogP contribution in [0.25, 0.3) is 0 Å². The van der Waals surface area contributed by atoms with Gasteiger partial charge in [-0.1, -0.05) is 11.6 Å². The Balaban J connectivity index is 1.70. The number of imide groups is 3. The molecule has 13 heteroatoms. The predicted molar refractivity (Wildman–Crippen MR) is 121 cm³/mol. The number of halogens is 4. The fraction of sp³-hybridized carbons (Fsp3) is 0.292. The highest BCUT2D eigenvalue weighted by atomic mass is 79.9. The molecule has 3 aliphatic carbocycles. The molecule has 192 valence electrons. The molecule has 1 saturated heterocycles. The summed E-state index contributed by atoms with van der Waals surface area (Å²) in [7, 11) is 0. The van der Waals surface area contributed by atoms with Gasteiger partial charge in [-0.15, -0.1) is 13.2 Å². The number of likely N-dealkylation sites (tertiary alicyclic amines) is 1. The number of carbonyl (C=O) groups is 5. The van der Waals surface area contributed by atoms with Crippen molar-refractivity contribution in [2.75, 3.05) is 0 Å². The molecule has 9 nitrogen and oxygen atoms in total. The monoisotopic (exact) mass is 580 g/mol. The molecule has 1 aromatic carbocycles. The lowest BCUT2D eigenvalue weighted by Gasteiger charge is -2.42. The number of carbonyl (C=O) groups excluding carboxylic acids is 5. The normalized spacial score (nSPS) is 27.4. The third-order valence-corrected chi connectivity index (χ3v) is 7.68. The first kappa shape index (κ1) is 24.9. The standard InChI is InChI=1S/C24H16BrF3N2O7/c25-14-7-16(32)19-13(20(14)33)6-11-9(2-3-10-18(11)22(35)30(21(10)34)23(29)36)17(19)12-5-8(1-4-15(12)31)37-24(26,27)28/h1-2,4-5,7,10-11,17-18,31H,3,6H2,(H2,29,36). The van der Waals surface area contributed by atoms with E-state index < -0.39 is 70.9 Å². The number of phenols is 1. The molecule has 0 bridgehead atoms. The minimum Gasteiger partial charge on any atom is -0.508 e. The zero-order valence-corrected chi connectivity index (χ0v) is 20.1. The summed E-state index contributed by atoms with van der Waals surface area (Å²) in [5.41, 5.74) is 5.38. The van der Waals surface area contributed by atoms with Crippen LogP contribution in [0.3, 0.4) is 0 Å². The molecule has 4 amide bonds. The van der Waals surface area contributed by atoms with Crippen molar-refractivity contribution in [3.8, 4) is 11.5 Å². The Morgan fingerprint density at radius 3 is 2.49 bits per heavy atom. The van der Waals surface area contributed by atoms with Crippen molar-refractivity contribution in [2.45, 2.75) is 25.1 Å². The first-order chi connectivity index (χ1) is 17.3. The van der Waals surface area contributed by atoms with E-state index in [0.717, 1.165) is 24.3 Å². The van der Waals surface area contributed by atoms with Gasteiger partial charge in [0.15, 0.2) is 11.6 Å². The van der Waals surface area contributed by atoms with Crippen LogP contribution in [0.5, 0.6) is 11.5 Å². The zero-order valence-electron chi connectivity index (χ0n) is 18.5. The lowest BCUT2D eigenvalue weighted by atomic mass is 9.59. The smallest absolute Gasteiger partial charge is 0.508 e. The minimum atomic E-state index is -5.04. The number of hydrogen-bond donors (Lipinski definition) is 2. The number of ether oxygens (including phenoxy) is 1. The number of allylic oxidation sites excluding steroid dienone is 6. The minimum absolute atomic E-state index is 0.00788. The number of Topliss-reactive ketones (excluding diaryl/α,β-unsaturated/α-hetero) is 1. The fourth-order valence-corrected chi connectivity index (χ4v) is 6.19. The van der Waals surface area contributed by atoms with E-state index in [-0.39, 0.29) is 34.0 Å². The second-order valence-electron chi connectivity index (χ2n) is 9.01. The van der Waals surface area contributed by atoms with Crippen molar-refractivity contribution in [3.05, 3.63) is 57.1 Å². The Hall–Kier alpha value is -3.74. The molecule has 4 aliphatic rings. The number of hydrogen-bond acceptors (Lipinski definition) is 7. The Morgan fingerprint density at radius 1 is 1.14 bits per heavy atom. The summed E-state index contributed by atoms with van der Waals surface area (Å²) in [4.78, 5) is 64.3. The van der Waals surface area contributed by atoms with Crippen LogP contribution in [0, 0.1) is 17.8 Å². The molecular formula is C24H16BrF3N2O7. The fourth-order valence-electron chi connectivity index (χ4n) is 5.74. The maximum atomic E-state index is 13.1. The summed E-state index contributed by atoms with van der Waals surface area (Å²) in [5.74, 6) is -8.11. The van der Waals surface area contributed by atoms with Crippen LogP contribution < -0.4 is 10.5 Å². The maximum absolute atomic E-state index is 13.1. The van der Waals surface area contributed by atoms with Gasteiger partial charge in [0.1, 0.15) is 11.5 Å². The lowest BCUT2D eigenvalue weighted by Crippen LogP contribution is -2.42. The molecule has 1 fully saturated rings. The summed E-state index contributed by atoms with van der Waals surface area (Å²) in [6.45, 7) is 0. The first-order valence-electron chi connectivity index (χ1n) is 10.9. The molecule has 0 aromatic heterocycles. The van der Waals surface area contributed by atoms with Crippen LogP contribution >= 0.6 is 15.9 Å². The van der Waals surface area contributed by atoms with Gasteiger partial charge in [-0.2, -0.15) is 4.90 Å². The second-order valence-corrected chi connectivity index (χ2v) is 9.87. The van der Waals surface area contributed by atoms with Crippen molar-refractivity contribution in [2.24, 2.45) is 23.5 Å². The maximum Gasteiger partial charge on any atom is 0.573 e. The molecule has 0 spiro atoms. The van der Waals surface area contributed by atoms with E-state index in [0.29, 0.717) is 10.5 Å². The summed E-state index contributed by atoms with van der Waals surface area (Å²) in [6, 6.07) is 1.52. The lowest BCUT2D eigenvalue weighted by molar-refractivity contribution is -0.274. The van der Waals surface area contributed by atoms with Gasteiger partial charge in [0.25, 0.3) is 0 Å². The van der Waals surface area contributed by atoms with Gasteiger partial charge >= 0.3 is 12.4 Å². The van der Waals surface area contributed by atoms with Crippen LogP contribution in [-0.2, 0) is 19.2 Å². The molecule has 0 saturated carbocycles. The Bertz CT molecular complexity index is 1410. The average Bonchev–Trinajstić information content (AvgIpc) is 3.06. The number of phenolic OH excluding ortho intramolecular Hbond substituents is 1. The van der Waals surface area contributed by atoms with Gasteiger partial charge in [0.2, 0.25) is 11.8 Å². The van der Waals surface area contributed by atoms with E-state index in [4.69, 9.17) is 5.73 Å². The Labute approximate surface area is 214 Å². The topological polar surface area (TPSA) is 144 Å². The highest BCUT2D eigenvalue weighted by molar-refractivity contribution is 9.12. The van der Waals surface area contributed by atoms with Gasteiger partial charge in [0.05, 0.1) is 16.3 Å². The number of benzene rings is 1. The average molecular weight is 581 g/mol. The third-order valence-electron chi connectivity index (χ3n) is 7.10. The highest BCUT2D eigenvalue weighted by Crippen LogP contribution is 2.56. The molecule has 4 unspecified atom stereocenters. The van der Waals surface area contributed by atoms with Gasteiger partial charge in [-0.25, -0.2) is 4.79 Å². The number of aromatic hydroxyl groups is 1. The van der Waals surface area contributed by atoms with Crippen molar-refractivity contribution in [3.63, 3.8) is 0 Å². The zero-order chi connectivity index (χ0) is 27.0. The van der Waals surface area contributed by atoms with E-state index in [9.17, 15) is 42.3 Å². The van der Waals surface area contributed by atoms with Crippen LogP contribution in [0.15, 0.2) is 51.6 Å². The molecule has 1 aliphatic heterocycles. The highest BCUT2D eigenvalue weighted by Gasteiger charge is 2.57. The molecule has 0 radical (unpaired) electrons. The van der Waals surface area contributed by atoms with E-state index >= 15 is 0 Å². The molecule has 4 atom stereocenters. The molecule has 1 heterocycles. The van der Waals surface area contributed by atoms with E-state index in [1.54, 1.807) is 6.08 Å². The number of fused-ring (bicyclic) bond motifs is 3. The molecule has 3 N–H and O–H groups in total. The predicted octanol–water partition coefficient (Wildman–Crippen LogP) is 3.13. The van der Waals surface area contributed by atoms with Crippen molar-refractivity contribution >= 4 is 45.3 Å². The summed E-state index contributed by atoms with van der Waals surface area (Å²) < 4.78 is 42.7. The van der Waals surface area contributed by atoms with Gasteiger partial charge in [0, 0.05) is 28.7 Å². The van der Waals surface area contributed by atoms with Crippen LogP contribution in [0.1, 0.15) is 24.3 Å². The van der Waals surface area contributed by atoms with Crippen molar-refractivity contribution < 1.29 is 47.0 Å². The van der Waals surface area contributed by atoms with Crippen LogP contribution in [0.2, 0.25) is 0 Å². The first-order valence-corrected chi connectivity index (χ1v) is 11.7. The van der Waals surface area contributed by atoms with Gasteiger partial charge in [-0.3, -0.25) is 19.2 Å². The number of primary amides is 1. The van der Waals surface area contributed by atoms with E-state index in [2.05, 4.69) is 20.7 Å². The number of nitrogens with two attached hydrogens (primary N) is 1. The summed E-state index contributed by atoms with van der Waals surface area (Å²) in [5, 5.41) is 10.7. The summed E-state index contributed by atoms with van der Waals surface area (Å²) >= 11 is 3.04. The van der Waals surface area contributed by atoms with Gasteiger partial charge < -0.3 is 15.6 Å². The van der Waals surface area contributed by atoms with Gasteiger partial charge in [-0.05, 0) is 52.9 Å². The van der Waals surface area contributed by atoms with Crippen molar-refractivity contribution in [1.29, 1.82) is 0 Å². The molecule has 37 heavy (non-hydrogen) atoms. The van der Waals surface area contributed by atoms with E-state index in [1.807, 2.05) is 0 Å². The molecular weight excluding hydrogens is 565 g/mol. The van der Waals surface area contributed by atoms with Crippen LogP contribution in [0.4, 0.5) is 18.0 Å². The SMILES string of the molecule is NC(=O)N1C(=O)C2CC=C3C(c4cc(OC(F)(F)F)ccc4O)C4=C(CC3C2C1=O)C(=O)C(Br)=CC4=O. The number of amides is 4.